The molecule has 8 N–H and O–H groups in total. The molecule has 5 aromatic heterocycles. The molecule has 0 saturated carbocycles. The highest BCUT2D eigenvalue weighted by Gasteiger charge is 2.31. The van der Waals surface area contributed by atoms with Crippen LogP contribution in [0.1, 0.15) is 5.56 Å². The van der Waals surface area contributed by atoms with Crippen molar-refractivity contribution in [1.29, 1.82) is 0 Å². The third kappa shape index (κ3) is 8.57. The van der Waals surface area contributed by atoms with E-state index >= 15 is 0 Å². The zero-order chi connectivity index (χ0) is 40.1. The van der Waals surface area contributed by atoms with Crippen molar-refractivity contribution < 1.29 is 17.6 Å². The third-order valence-corrected chi connectivity index (χ3v) is 8.51. The van der Waals surface area contributed by atoms with Crippen molar-refractivity contribution in [3.05, 3.63) is 140 Å². The van der Waals surface area contributed by atoms with Crippen LogP contribution in [0.3, 0.4) is 0 Å². The summed E-state index contributed by atoms with van der Waals surface area (Å²) in [6, 6.07) is 19.2. The number of nitrogens with two attached hydrogens (primary N) is 4. The topological polar surface area (TPSA) is 220 Å². The molecule has 0 unspecified atom stereocenters. The number of aromatic nitrogens is 9. The van der Waals surface area contributed by atoms with E-state index in [2.05, 4.69) is 44.9 Å². The summed E-state index contributed by atoms with van der Waals surface area (Å²) >= 11 is 0. The Bertz CT molecular complexity index is 2640. The van der Waals surface area contributed by atoms with E-state index in [-0.39, 0.29) is 46.0 Å². The van der Waals surface area contributed by atoms with Gasteiger partial charge < -0.3 is 22.9 Å². The van der Waals surface area contributed by atoms with Crippen LogP contribution in [0, 0.1) is 5.82 Å². The summed E-state index contributed by atoms with van der Waals surface area (Å²) in [4.78, 5) is 36.4. The molecule has 0 aliphatic heterocycles. The molecule has 0 spiro atoms. The van der Waals surface area contributed by atoms with Crippen LogP contribution < -0.4 is 22.9 Å². The van der Waals surface area contributed by atoms with E-state index in [1.807, 2.05) is 42.6 Å². The van der Waals surface area contributed by atoms with Gasteiger partial charge in [0.15, 0.2) is 0 Å². The molecular weight excluding hydrogens is 739 g/mol. The molecule has 282 valence electrons. The number of anilines is 4. The Morgan fingerprint density at radius 1 is 0.386 bits per heavy atom. The Labute approximate surface area is 321 Å². The van der Waals surface area contributed by atoms with Crippen molar-refractivity contribution in [3.8, 4) is 67.0 Å². The van der Waals surface area contributed by atoms with Crippen LogP contribution in [0.5, 0.6) is 0 Å². The van der Waals surface area contributed by atoms with Crippen LogP contribution in [0.4, 0.5) is 41.2 Å². The largest absolute Gasteiger partial charge is 0.416 e. The second kappa shape index (κ2) is 15.8. The zero-order valence-electron chi connectivity index (χ0n) is 29.5. The maximum absolute atomic E-state index is 14.9. The van der Waals surface area contributed by atoms with Gasteiger partial charge in [0.25, 0.3) is 0 Å². The second-order valence-corrected chi connectivity index (χ2v) is 12.2. The normalized spacial score (nSPS) is 11.1. The van der Waals surface area contributed by atoms with E-state index < -0.39 is 17.6 Å². The van der Waals surface area contributed by atoms with E-state index in [0.29, 0.717) is 11.1 Å². The second-order valence-electron chi connectivity index (χ2n) is 12.2. The molecule has 0 aliphatic rings. The van der Waals surface area contributed by atoms with Crippen molar-refractivity contribution in [2.75, 3.05) is 22.9 Å². The van der Waals surface area contributed by atoms with Crippen LogP contribution in [-0.4, -0.2) is 44.9 Å². The molecule has 3 aromatic carbocycles. The maximum Gasteiger partial charge on any atom is 0.416 e. The Morgan fingerprint density at radius 3 is 1.39 bits per heavy atom. The molecule has 0 saturated heterocycles. The molecule has 0 fully saturated rings. The lowest BCUT2D eigenvalue weighted by atomic mass is 9.93. The number of alkyl halides is 3. The third-order valence-electron chi connectivity index (χ3n) is 8.51. The van der Waals surface area contributed by atoms with Crippen molar-refractivity contribution in [1.82, 2.24) is 44.9 Å². The van der Waals surface area contributed by atoms with Gasteiger partial charge in [0.1, 0.15) is 11.6 Å². The SMILES string of the molecule is Nc1cnc(-c2ccc(-c3cc(C(F)(F)F)ccc3-c3cnc(N)nc3)cc2F)cn1.Nc1ncc(-c2ccc(-c3ccccc3-c3cnc(N)nc3)cn2)cn1. The number of halogens is 4. The fourth-order valence-corrected chi connectivity index (χ4v) is 5.71. The lowest BCUT2D eigenvalue weighted by Gasteiger charge is -2.15. The van der Waals surface area contributed by atoms with Gasteiger partial charge in [-0.1, -0.05) is 42.5 Å². The summed E-state index contributed by atoms with van der Waals surface area (Å²) in [6.07, 6.45) is 9.39. The number of nitrogens with zero attached hydrogens (tertiary/aromatic N) is 9. The van der Waals surface area contributed by atoms with E-state index in [9.17, 15) is 17.6 Å². The molecule has 0 atom stereocenters. The van der Waals surface area contributed by atoms with Crippen molar-refractivity contribution in [2.24, 2.45) is 0 Å². The maximum atomic E-state index is 14.9. The highest BCUT2D eigenvalue weighted by Crippen LogP contribution is 2.39. The molecule has 17 heteroatoms. The molecule has 5 heterocycles. The Kier molecular flexibility index (Phi) is 10.4. The summed E-state index contributed by atoms with van der Waals surface area (Å²) in [7, 11) is 0. The standard InChI is InChI=1S/C21H14F4N6.C19H15N7/c22-17-5-11(1-3-15(17)18-9-29-19(26)10-28-18)16-6-13(21(23,24)25)2-4-14(16)12-7-30-20(27)31-8-12;20-18-23-8-13(9-24-18)16-4-2-1-3-15(16)12-5-6-17(22-7-12)14-10-25-19(21)26-11-14/h1-10H,(H2,26,29)(H2,27,30,31);1-11H,(H2,20,23,24)(H2,21,25,26). The minimum absolute atomic E-state index is 0.0252. The average molecular weight is 768 g/mol. The van der Waals surface area contributed by atoms with Crippen LogP contribution in [0.25, 0.3) is 67.0 Å². The Hall–Kier alpha value is -7.95. The van der Waals surface area contributed by atoms with E-state index in [4.69, 9.17) is 22.9 Å². The average Bonchev–Trinajstić information content (AvgIpc) is 3.22. The lowest BCUT2D eigenvalue weighted by Crippen LogP contribution is -2.05. The number of pyridine rings is 1. The first-order chi connectivity index (χ1) is 27.4. The van der Waals surface area contributed by atoms with E-state index in [1.54, 1.807) is 24.8 Å². The molecular formula is C40H29F4N13. The summed E-state index contributed by atoms with van der Waals surface area (Å²) < 4.78 is 54.9. The van der Waals surface area contributed by atoms with Gasteiger partial charge in [0, 0.05) is 71.2 Å². The summed E-state index contributed by atoms with van der Waals surface area (Å²) in [5.74, 6) is 0.0267. The van der Waals surface area contributed by atoms with Gasteiger partial charge in [0.2, 0.25) is 17.8 Å². The predicted octanol–water partition coefficient (Wildman–Crippen LogP) is 7.42. The first kappa shape index (κ1) is 37.4. The van der Waals surface area contributed by atoms with Gasteiger partial charge in [-0.3, -0.25) is 9.97 Å². The molecule has 8 rings (SSSR count). The number of hydrogen-bond donors (Lipinski definition) is 4. The van der Waals surface area contributed by atoms with Crippen molar-refractivity contribution >= 4 is 23.7 Å². The van der Waals surface area contributed by atoms with Gasteiger partial charge in [-0.15, -0.1) is 0 Å². The van der Waals surface area contributed by atoms with Crippen molar-refractivity contribution in [2.45, 2.75) is 6.18 Å². The molecule has 8 aromatic rings. The van der Waals surface area contributed by atoms with Crippen LogP contribution in [-0.2, 0) is 6.18 Å². The van der Waals surface area contributed by atoms with Crippen molar-refractivity contribution in [3.63, 3.8) is 0 Å². The summed E-state index contributed by atoms with van der Waals surface area (Å²) in [5, 5.41) is 0. The lowest BCUT2D eigenvalue weighted by molar-refractivity contribution is -0.137. The van der Waals surface area contributed by atoms with Gasteiger partial charge in [0.05, 0.1) is 29.3 Å². The highest BCUT2D eigenvalue weighted by atomic mass is 19.4. The molecule has 13 nitrogen and oxygen atoms in total. The van der Waals surface area contributed by atoms with Gasteiger partial charge in [-0.05, 0) is 58.1 Å². The van der Waals surface area contributed by atoms with Crippen LogP contribution in [0.2, 0.25) is 0 Å². The predicted molar refractivity (Wildman–Crippen MR) is 208 cm³/mol. The van der Waals surface area contributed by atoms with E-state index in [1.165, 1.54) is 43.0 Å². The Balaban J connectivity index is 0.000000177. The molecule has 57 heavy (non-hydrogen) atoms. The minimum Gasteiger partial charge on any atom is -0.382 e. The Morgan fingerprint density at radius 2 is 0.877 bits per heavy atom. The van der Waals surface area contributed by atoms with Crippen LogP contribution >= 0.6 is 0 Å². The monoisotopic (exact) mass is 767 g/mol. The fourth-order valence-electron chi connectivity index (χ4n) is 5.71. The number of rotatable bonds is 6. The number of benzene rings is 3. The fraction of sp³-hybridized carbons (Fsp3) is 0.0250. The first-order valence-corrected chi connectivity index (χ1v) is 16.8. The molecule has 0 aliphatic carbocycles. The first-order valence-electron chi connectivity index (χ1n) is 16.8. The molecule has 0 bridgehead atoms. The van der Waals surface area contributed by atoms with Gasteiger partial charge in [-0.2, -0.15) is 13.2 Å². The summed E-state index contributed by atoms with van der Waals surface area (Å²) in [5.41, 5.74) is 28.4. The number of hydrogen-bond acceptors (Lipinski definition) is 13. The van der Waals surface area contributed by atoms with Gasteiger partial charge in [-0.25, -0.2) is 39.3 Å². The molecule has 0 radical (unpaired) electrons. The number of nitrogen functional groups attached to an aromatic ring is 4. The smallest absolute Gasteiger partial charge is 0.382 e. The summed E-state index contributed by atoms with van der Waals surface area (Å²) in [6.45, 7) is 0. The van der Waals surface area contributed by atoms with E-state index in [0.717, 1.165) is 51.7 Å². The quantitative estimate of drug-likeness (QED) is 0.121. The van der Waals surface area contributed by atoms with Gasteiger partial charge >= 0.3 is 6.18 Å². The zero-order valence-corrected chi connectivity index (χ0v) is 29.5. The van der Waals surface area contributed by atoms with Crippen LogP contribution in [0.15, 0.2) is 129 Å². The minimum atomic E-state index is -4.57. The molecule has 0 amide bonds. The highest BCUT2D eigenvalue weighted by molar-refractivity contribution is 5.85.